The lowest BCUT2D eigenvalue weighted by atomic mass is 9.86. The third-order valence-electron chi connectivity index (χ3n) is 3.05. The number of hydrogen-bond acceptors (Lipinski definition) is 0. The van der Waals surface area contributed by atoms with Crippen LogP contribution in [-0.4, -0.2) is 4.57 Å². The Morgan fingerprint density at radius 1 is 1.13 bits per heavy atom. The van der Waals surface area contributed by atoms with Gasteiger partial charge < -0.3 is 4.57 Å². The molecule has 0 saturated carbocycles. The third-order valence-corrected chi connectivity index (χ3v) is 3.05. The number of aromatic nitrogens is 1. The van der Waals surface area contributed by atoms with E-state index in [9.17, 15) is 0 Å². The second-order valence-corrected chi connectivity index (χ2v) is 5.40. The first-order valence-corrected chi connectivity index (χ1v) is 5.46. The Labute approximate surface area is 91.7 Å². The van der Waals surface area contributed by atoms with Crippen molar-refractivity contribution in [3.63, 3.8) is 0 Å². The Balaban J connectivity index is 2.71. The monoisotopic (exact) mass is 201 g/mol. The summed E-state index contributed by atoms with van der Waals surface area (Å²) in [4.78, 5) is 0. The van der Waals surface area contributed by atoms with E-state index in [-0.39, 0.29) is 5.41 Å². The van der Waals surface area contributed by atoms with Crippen molar-refractivity contribution in [1.29, 1.82) is 0 Å². The highest BCUT2D eigenvalue weighted by Gasteiger charge is 2.14. The smallest absolute Gasteiger partial charge is 0.0480 e. The predicted octanol–water partition coefficient (Wildman–Crippen LogP) is 3.78. The standard InChI is InChI=1S/C14H19N/c1-10-9-15(5)13-7-6-11(8-12(10)13)14(2,3)4/h6-9H,1-5H3. The Hall–Kier alpha value is -1.24. The van der Waals surface area contributed by atoms with Crippen LogP contribution in [0.4, 0.5) is 0 Å². The molecule has 80 valence electrons. The normalized spacial score (nSPS) is 12.3. The summed E-state index contributed by atoms with van der Waals surface area (Å²) >= 11 is 0. The molecule has 0 atom stereocenters. The molecule has 2 aromatic rings. The van der Waals surface area contributed by atoms with Crippen LogP contribution < -0.4 is 0 Å². The van der Waals surface area contributed by atoms with E-state index in [0.29, 0.717) is 0 Å². The average Bonchev–Trinajstić information content (AvgIpc) is 2.41. The average molecular weight is 201 g/mol. The SMILES string of the molecule is Cc1cn(C)c2ccc(C(C)(C)C)cc12. The van der Waals surface area contributed by atoms with Gasteiger partial charge in [0.15, 0.2) is 0 Å². The molecule has 0 fully saturated rings. The van der Waals surface area contributed by atoms with Crippen molar-refractivity contribution in [1.82, 2.24) is 4.57 Å². The molecule has 1 heteroatoms. The number of benzene rings is 1. The van der Waals surface area contributed by atoms with Gasteiger partial charge in [-0.15, -0.1) is 0 Å². The van der Waals surface area contributed by atoms with Gasteiger partial charge in [0.05, 0.1) is 0 Å². The van der Waals surface area contributed by atoms with Crippen molar-refractivity contribution in [3.05, 3.63) is 35.5 Å². The van der Waals surface area contributed by atoms with Crippen molar-refractivity contribution in [2.24, 2.45) is 7.05 Å². The maximum Gasteiger partial charge on any atom is 0.0480 e. The van der Waals surface area contributed by atoms with Crippen molar-refractivity contribution < 1.29 is 0 Å². The summed E-state index contributed by atoms with van der Waals surface area (Å²) in [6.07, 6.45) is 2.19. The molecule has 0 unspecified atom stereocenters. The quantitative estimate of drug-likeness (QED) is 0.611. The Bertz CT molecular complexity index is 498. The maximum absolute atomic E-state index is 2.32. The summed E-state index contributed by atoms with van der Waals surface area (Å²) in [7, 11) is 2.10. The van der Waals surface area contributed by atoms with Gasteiger partial charge in [0, 0.05) is 24.1 Å². The molecule has 1 heterocycles. The summed E-state index contributed by atoms with van der Waals surface area (Å²) in [5.74, 6) is 0. The molecule has 0 amide bonds. The highest BCUT2D eigenvalue weighted by atomic mass is 14.9. The molecule has 0 aliphatic heterocycles. The summed E-state index contributed by atoms with van der Waals surface area (Å²) in [5, 5.41) is 1.38. The Morgan fingerprint density at radius 3 is 2.40 bits per heavy atom. The molecule has 2 rings (SSSR count). The molecule has 15 heavy (non-hydrogen) atoms. The van der Waals surface area contributed by atoms with Gasteiger partial charge in [0.2, 0.25) is 0 Å². The van der Waals surface area contributed by atoms with Gasteiger partial charge in [0.25, 0.3) is 0 Å². The van der Waals surface area contributed by atoms with Crippen molar-refractivity contribution in [3.8, 4) is 0 Å². The topological polar surface area (TPSA) is 4.93 Å². The summed E-state index contributed by atoms with van der Waals surface area (Å²) in [6.45, 7) is 8.94. The van der Waals surface area contributed by atoms with E-state index in [2.05, 4.69) is 63.7 Å². The van der Waals surface area contributed by atoms with Crippen LogP contribution in [0, 0.1) is 6.92 Å². The highest BCUT2D eigenvalue weighted by Crippen LogP contribution is 2.28. The lowest BCUT2D eigenvalue weighted by Gasteiger charge is -2.19. The molecule has 0 aliphatic carbocycles. The molecule has 1 nitrogen and oxygen atoms in total. The number of aryl methyl sites for hydroxylation is 2. The van der Waals surface area contributed by atoms with Gasteiger partial charge in [-0.25, -0.2) is 0 Å². The first-order chi connectivity index (χ1) is 6.89. The van der Waals surface area contributed by atoms with E-state index in [1.807, 2.05) is 0 Å². The van der Waals surface area contributed by atoms with Crippen LogP contribution in [0.2, 0.25) is 0 Å². The minimum Gasteiger partial charge on any atom is -0.350 e. The van der Waals surface area contributed by atoms with E-state index in [0.717, 1.165) is 0 Å². The Morgan fingerprint density at radius 2 is 1.80 bits per heavy atom. The number of fused-ring (bicyclic) bond motifs is 1. The first-order valence-electron chi connectivity index (χ1n) is 5.46. The molecular formula is C14H19N. The molecule has 0 spiro atoms. The minimum atomic E-state index is 0.233. The van der Waals surface area contributed by atoms with E-state index in [1.165, 1.54) is 22.0 Å². The molecule has 0 N–H and O–H groups in total. The fourth-order valence-electron chi connectivity index (χ4n) is 2.06. The molecule has 1 aromatic heterocycles. The van der Waals surface area contributed by atoms with E-state index < -0.39 is 0 Å². The fourth-order valence-corrected chi connectivity index (χ4v) is 2.06. The van der Waals surface area contributed by atoms with E-state index in [4.69, 9.17) is 0 Å². The zero-order valence-electron chi connectivity index (χ0n) is 10.3. The molecular weight excluding hydrogens is 182 g/mol. The second kappa shape index (κ2) is 3.13. The summed E-state index contributed by atoms with van der Waals surface area (Å²) in [5.41, 5.74) is 4.32. The van der Waals surface area contributed by atoms with Crippen molar-refractivity contribution in [2.45, 2.75) is 33.1 Å². The predicted molar refractivity (Wildman–Crippen MR) is 66.4 cm³/mol. The third kappa shape index (κ3) is 1.67. The Kier molecular flexibility index (Phi) is 2.14. The van der Waals surface area contributed by atoms with Crippen LogP contribution in [0.15, 0.2) is 24.4 Å². The summed E-state index contributed by atoms with van der Waals surface area (Å²) < 4.78 is 2.19. The first kappa shape index (κ1) is 10.3. The highest BCUT2D eigenvalue weighted by molar-refractivity contribution is 5.84. The van der Waals surface area contributed by atoms with Crippen LogP contribution in [0.1, 0.15) is 31.9 Å². The van der Waals surface area contributed by atoms with Gasteiger partial charge in [0.1, 0.15) is 0 Å². The lowest BCUT2D eigenvalue weighted by molar-refractivity contribution is 0.591. The fraction of sp³-hybridized carbons (Fsp3) is 0.429. The van der Waals surface area contributed by atoms with Gasteiger partial charge in [-0.2, -0.15) is 0 Å². The zero-order chi connectivity index (χ0) is 11.2. The van der Waals surface area contributed by atoms with Crippen LogP contribution in [0.25, 0.3) is 10.9 Å². The molecule has 0 radical (unpaired) electrons. The second-order valence-electron chi connectivity index (χ2n) is 5.40. The van der Waals surface area contributed by atoms with Gasteiger partial charge >= 0.3 is 0 Å². The summed E-state index contributed by atoms with van der Waals surface area (Å²) in [6, 6.07) is 6.79. The lowest BCUT2D eigenvalue weighted by Crippen LogP contribution is -2.10. The largest absolute Gasteiger partial charge is 0.350 e. The molecule has 0 bridgehead atoms. The zero-order valence-corrected chi connectivity index (χ0v) is 10.3. The maximum atomic E-state index is 2.32. The molecule has 0 aliphatic rings. The van der Waals surface area contributed by atoms with Gasteiger partial charge in [-0.3, -0.25) is 0 Å². The molecule has 0 saturated heterocycles. The number of nitrogens with zero attached hydrogens (tertiary/aromatic N) is 1. The van der Waals surface area contributed by atoms with Crippen LogP contribution in [-0.2, 0) is 12.5 Å². The van der Waals surface area contributed by atoms with Gasteiger partial charge in [-0.05, 0) is 35.6 Å². The number of rotatable bonds is 0. The van der Waals surface area contributed by atoms with Gasteiger partial charge in [-0.1, -0.05) is 26.8 Å². The van der Waals surface area contributed by atoms with E-state index in [1.54, 1.807) is 0 Å². The van der Waals surface area contributed by atoms with Crippen LogP contribution in [0.5, 0.6) is 0 Å². The van der Waals surface area contributed by atoms with Crippen LogP contribution in [0.3, 0.4) is 0 Å². The van der Waals surface area contributed by atoms with Crippen molar-refractivity contribution >= 4 is 10.9 Å². The van der Waals surface area contributed by atoms with Crippen molar-refractivity contribution in [2.75, 3.05) is 0 Å². The minimum absolute atomic E-state index is 0.233. The van der Waals surface area contributed by atoms with E-state index >= 15 is 0 Å². The number of hydrogen-bond donors (Lipinski definition) is 0. The molecule has 1 aromatic carbocycles. The van der Waals surface area contributed by atoms with Crippen LogP contribution >= 0.6 is 0 Å².